The van der Waals surface area contributed by atoms with Crippen molar-refractivity contribution in [2.75, 3.05) is 0 Å². The van der Waals surface area contributed by atoms with Gasteiger partial charge in [-0.25, -0.2) is 0 Å². The van der Waals surface area contributed by atoms with Crippen molar-refractivity contribution in [1.82, 2.24) is 15.4 Å². The highest BCUT2D eigenvalue weighted by molar-refractivity contribution is 5.08. The minimum atomic E-state index is 0.848. The van der Waals surface area contributed by atoms with Crippen molar-refractivity contribution in [2.45, 2.75) is 78.6 Å². The molecule has 0 atom stereocenters. The quantitative estimate of drug-likeness (QED) is 0.630. The van der Waals surface area contributed by atoms with Gasteiger partial charge < -0.3 is 0 Å². The summed E-state index contributed by atoms with van der Waals surface area (Å²) < 4.78 is 0. The first-order valence-corrected chi connectivity index (χ1v) is 7.62. The van der Waals surface area contributed by atoms with Crippen LogP contribution in [0, 0.1) is 5.92 Å². The minimum absolute atomic E-state index is 0.848. The van der Waals surface area contributed by atoms with Gasteiger partial charge in [0.25, 0.3) is 0 Å². The lowest BCUT2D eigenvalue weighted by atomic mass is 10.0. The number of rotatable bonds is 10. The predicted octanol–water partition coefficient (Wildman–Crippen LogP) is 4.30. The molecule has 1 aromatic rings. The average Bonchev–Trinajstić information content (AvgIpc) is 2.78. The second-order valence-corrected chi connectivity index (χ2v) is 5.67. The van der Waals surface area contributed by atoms with Crippen LogP contribution in [0.15, 0.2) is 0 Å². The van der Waals surface area contributed by atoms with Gasteiger partial charge in [0.2, 0.25) is 0 Å². The van der Waals surface area contributed by atoms with Crippen LogP contribution in [-0.2, 0) is 12.8 Å². The number of hydrogen-bond acceptors (Lipinski definition) is 2. The van der Waals surface area contributed by atoms with Crippen LogP contribution >= 0.6 is 0 Å². The van der Waals surface area contributed by atoms with Gasteiger partial charge in [-0.05, 0) is 31.6 Å². The zero-order valence-electron chi connectivity index (χ0n) is 12.3. The van der Waals surface area contributed by atoms with E-state index in [0.717, 1.165) is 18.8 Å². The van der Waals surface area contributed by atoms with Crippen molar-refractivity contribution in [2.24, 2.45) is 5.92 Å². The molecule has 18 heavy (non-hydrogen) atoms. The Morgan fingerprint density at radius 2 is 1.50 bits per heavy atom. The lowest BCUT2D eigenvalue weighted by Gasteiger charge is -2.04. The molecule has 1 aromatic heterocycles. The summed E-state index contributed by atoms with van der Waals surface area (Å²) in [5, 5.41) is 11.3. The molecule has 0 unspecified atom stereocenters. The standard InChI is InChI=1S/C15H29N3/c1-4-5-11-14-15(17-18-16-14)12-9-7-6-8-10-13(2)3/h13H,4-12H2,1-3H3,(H,16,17,18). The molecule has 0 spiro atoms. The fourth-order valence-electron chi connectivity index (χ4n) is 2.22. The summed E-state index contributed by atoms with van der Waals surface area (Å²) >= 11 is 0. The van der Waals surface area contributed by atoms with E-state index in [1.807, 2.05) is 0 Å². The number of nitrogens with zero attached hydrogens (tertiary/aromatic N) is 2. The van der Waals surface area contributed by atoms with E-state index >= 15 is 0 Å². The Balaban J connectivity index is 2.13. The second kappa shape index (κ2) is 9.12. The highest BCUT2D eigenvalue weighted by Gasteiger charge is 2.06. The first-order valence-electron chi connectivity index (χ1n) is 7.62. The number of unbranched alkanes of at least 4 members (excludes halogenated alkanes) is 4. The van der Waals surface area contributed by atoms with Crippen LogP contribution in [0.5, 0.6) is 0 Å². The summed E-state index contributed by atoms with van der Waals surface area (Å²) in [6.07, 6.45) is 11.3. The maximum atomic E-state index is 4.28. The molecule has 3 heteroatoms. The molecule has 0 aliphatic heterocycles. The Hall–Kier alpha value is -0.860. The molecular formula is C15H29N3. The summed E-state index contributed by atoms with van der Waals surface area (Å²) in [5.41, 5.74) is 2.39. The molecule has 0 bridgehead atoms. The number of nitrogens with one attached hydrogen (secondary N) is 1. The van der Waals surface area contributed by atoms with Gasteiger partial charge in [-0.1, -0.05) is 52.9 Å². The van der Waals surface area contributed by atoms with Gasteiger partial charge in [0.05, 0.1) is 11.4 Å². The van der Waals surface area contributed by atoms with Crippen LogP contribution in [-0.4, -0.2) is 15.4 Å². The highest BCUT2D eigenvalue weighted by Crippen LogP contribution is 2.13. The topological polar surface area (TPSA) is 41.6 Å². The number of aromatic nitrogens is 3. The molecule has 0 aliphatic carbocycles. The van der Waals surface area contributed by atoms with E-state index in [4.69, 9.17) is 0 Å². The molecule has 1 rings (SSSR count). The van der Waals surface area contributed by atoms with E-state index in [0.29, 0.717) is 0 Å². The van der Waals surface area contributed by atoms with Crippen LogP contribution < -0.4 is 0 Å². The van der Waals surface area contributed by atoms with Gasteiger partial charge in [-0.2, -0.15) is 15.4 Å². The number of hydrogen-bond donors (Lipinski definition) is 1. The minimum Gasteiger partial charge on any atom is -0.197 e. The SMILES string of the molecule is CCCCc1n[nH]nc1CCCCCCC(C)C. The molecular weight excluding hydrogens is 222 g/mol. The molecule has 0 saturated carbocycles. The fourth-order valence-corrected chi connectivity index (χ4v) is 2.22. The molecule has 3 nitrogen and oxygen atoms in total. The zero-order valence-corrected chi connectivity index (χ0v) is 12.3. The van der Waals surface area contributed by atoms with Gasteiger partial charge in [-0.15, -0.1) is 0 Å². The monoisotopic (exact) mass is 251 g/mol. The first-order chi connectivity index (χ1) is 8.74. The van der Waals surface area contributed by atoms with Crippen molar-refractivity contribution < 1.29 is 0 Å². The van der Waals surface area contributed by atoms with Crippen LogP contribution in [0.2, 0.25) is 0 Å². The van der Waals surface area contributed by atoms with Crippen molar-refractivity contribution in [1.29, 1.82) is 0 Å². The van der Waals surface area contributed by atoms with Gasteiger partial charge >= 0.3 is 0 Å². The third-order valence-corrected chi connectivity index (χ3v) is 3.42. The number of aryl methyl sites for hydroxylation is 2. The molecule has 0 aromatic carbocycles. The maximum absolute atomic E-state index is 4.28. The number of aromatic amines is 1. The van der Waals surface area contributed by atoms with Crippen molar-refractivity contribution in [3.63, 3.8) is 0 Å². The van der Waals surface area contributed by atoms with E-state index in [9.17, 15) is 0 Å². The van der Waals surface area contributed by atoms with Crippen molar-refractivity contribution >= 4 is 0 Å². The number of H-pyrrole nitrogens is 1. The van der Waals surface area contributed by atoms with Crippen molar-refractivity contribution in [3.8, 4) is 0 Å². The van der Waals surface area contributed by atoms with Gasteiger partial charge in [-0.3, -0.25) is 0 Å². The van der Waals surface area contributed by atoms with Crippen LogP contribution in [0.25, 0.3) is 0 Å². The molecule has 104 valence electrons. The van der Waals surface area contributed by atoms with E-state index in [1.54, 1.807) is 0 Å². The van der Waals surface area contributed by atoms with E-state index < -0.39 is 0 Å². The second-order valence-electron chi connectivity index (χ2n) is 5.67. The van der Waals surface area contributed by atoms with Crippen molar-refractivity contribution in [3.05, 3.63) is 11.4 Å². The van der Waals surface area contributed by atoms with E-state index in [1.165, 1.54) is 56.3 Å². The van der Waals surface area contributed by atoms with E-state index in [-0.39, 0.29) is 0 Å². The molecule has 0 aliphatic rings. The van der Waals surface area contributed by atoms with Gasteiger partial charge in [0.1, 0.15) is 0 Å². The fraction of sp³-hybridized carbons (Fsp3) is 0.867. The summed E-state index contributed by atoms with van der Waals surface area (Å²) in [4.78, 5) is 0. The normalized spacial score (nSPS) is 11.3. The van der Waals surface area contributed by atoms with Crippen LogP contribution in [0.3, 0.4) is 0 Å². The Labute approximate surface area is 112 Å². The molecule has 0 amide bonds. The lowest BCUT2D eigenvalue weighted by Crippen LogP contribution is -1.95. The molecule has 0 radical (unpaired) electrons. The summed E-state index contributed by atoms with van der Waals surface area (Å²) in [5.74, 6) is 0.848. The summed E-state index contributed by atoms with van der Waals surface area (Å²) in [6, 6.07) is 0. The Morgan fingerprint density at radius 1 is 0.889 bits per heavy atom. The molecule has 1 heterocycles. The Kier molecular flexibility index (Phi) is 7.70. The molecule has 0 fully saturated rings. The molecule has 0 saturated heterocycles. The van der Waals surface area contributed by atoms with Crippen LogP contribution in [0.4, 0.5) is 0 Å². The third-order valence-electron chi connectivity index (χ3n) is 3.42. The first kappa shape index (κ1) is 15.2. The maximum Gasteiger partial charge on any atom is 0.0856 e. The Bertz CT molecular complexity index is 304. The lowest BCUT2D eigenvalue weighted by molar-refractivity contribution is 0.519. The molecule has 1 N–H and O–H groups in total. The summed E-state index contributed by atoms with van der Waals surface area (Å²) in [6.45, 7) is 6.82. The smallest absolute Gasteiger partial charge is 0.0856 e. The third kappa shape index (κ3) is 6.18. The highest BCUT2D eigenvalue weighted by atomic mass is 15.3. The van der Waals surface area contributed by atoms with Gasteiger partial charge in [0.15, 0.2) is 0 Å². The zero-order chi connectivity index (χ0) is 13.2. The average molecular weight is 251 g/mol. The Morgan fingerprint density at radius 3 is 2.11 bits per heavy atom. The summed E-state index contributed by atoms with van der Waals surface area (Å²) in [7, 11) is 0. The van der Waals surface area contributed by atoms with E-state index in [2.05, 4.69) is 36.2 Å². The van der Waals surface area contributed by atoms with Crippen LogP contribution in [0.1, 0.15) is 77.1 Å². The van der Waals surface area contributed by atoms with Gasteiger partial charge in [0, 0.05) is 0 Å². The largest absolute Gasteiger partial charge is 0.197 e. The predicted molar refractivity (Wildman–Crippen MR) is 76.6 cm³/mol.